The average Bonchev–Trinajstić information content (AvgIpc) is 2.27. The van der Waals surface area contributed by atoms with Gasteiger partial charge in [0.05, 0.1) is 11.4 Å². The summed E-state index contributed by atoms with van der Waals surface area (Å²) in [7, 11) is -0.0253. The van der Waals surface area contributed by atoms with Gasteiger partial charge in [-0.2, -0.15) is 5.10 Å². The highest BCUT2D eigenvalue weighted by atomic mass is 31.0. The van der Waals surface area contributed by atoms with E-state index < -0.39 is 8.24 Å². The first-order valence-corrected chi connectivity index (χ1v) is 9.05. The van der Waals surface area contributed by atoms with Crippen LogP contribution < -0.4 is 0 Å². The van der Waals surface area contributed by atoms with Gasteiger partial charge < -0.3 is 0 Å². The zero-order chi connectivity index (χ0) is 10.3. The molecular formula is C9H19N2PSi. The highest BCUT2D eigenvalue weighted by molar-refractivity contribution is 7.30. The largest absolute Gasteiger partial charge is 0.294 e. The van der Waals surface area contributed by atoms with Crippen LogP contribution in [0.1, 0.15) is 26.2 Å². The average molecular weight is 214 g/mol. The lowest BCUT2D eigenvalue weighted by Gasteiger charge is -2.26. The van der Waals surface area contributed by atoms with Gasteiger partial charge in [-0.1, -0.05) is 20.8 Å². The monoisotopic (exact) mass is 214 g/mol. The van der Waals surface area contributed by atoms with Gasteiger partial charge in [0.15, 0.2) is 8.24 Å². The Bertz CT molecular complexity index is 265. The van der Waals surface area contributed by atoms with Crippen LogP contribution in [0.3, 0.4) is 0 Å². The lowest BCUT2D eigenvalue weighted by Crippen LogP contribution is -2.37. The predicted octanol–water partition coefficient (Wildman–Crippen LogP) is 3.44. The first-order valence-electron chi connectivity index (χ1n) is 4.64. The van der Waals surface area contributed by atoms with E-state index in [1.165, 1.54) is 13.6 Å². The third-order valence-corrected chi connectivity index (χ3v) is 4.98. The molecule has 0 radical (unpaired) electrons. The van der Waals surface area contributed by atoms with E-state index >= 15 is 0 Å². The number of rotatable bonds is 1. The minimum absolute atomic E-state index is 0.248. The maximum Gasteiger partial charge on any atom is 0.176 e. The Hall–Kier alpha value is -0.143. The Balaban J connectivity index is 3.19. The highest BCUT2D eigenvalue weighted by Crippen LogP contribution is 2.30. The summed E-state index contributed by atoms with van der Waals surface area (Å²) in [6.07, 6.45) is 0. The molecule has 0 amide bonds. The van der Waals surface area contributed by atoms with Crippen LogP contribution in [-0.4, -0.2) is 17.7 Å². The predicted molar refractivity (Wildman–Crippen MR) is 62.2 cm³/mol. The molecule has 4 heteroatoms. The third-order valence-electron chi connectivity index (χ3n) is 1.85. The van der Waals surface area contributed by atoms with E-state index in [1.54, 1.807) is 0 Å². The SMILES string of the molecule is CC(C)(C)c1pcnn1[Si](C)(C)C. The molecule has 0 aliphatic rings. The molecular weight excluding hydrogens is 195 g/mol. The fourth-order valence-electron chi connectivity index (χ4n) is 1.24. The van der Waals surface area contributed by atoms with Crippen LogP contribution in [-0.2, 0) is 5.41 Å². The van der Waals surface area contributed by atoms with Gasteiger partial charge in [0.1, 0.15) is 0 Å². The standard InChI is InChI=1S/C9H19N2PSi/c1-9(2,3)8-11(10-7-12-8)13(4,5)6/h7H,1-6H3. The molecule has 1 rings (SSSR count). The van der Waals surface area contributed by atoms with Crippen molar-refractivity contribution in [2.24, 2.45) is 0 Å². The molecule has 0 bridgehead atoms. The third kappa shape index (κ3) is 2.41. The van der Waals surface area contributed by atoms with Crippen LogP contribution in [0.15, 0.2) is 5.93 Å². The fourth-order valence-corrected chi connectivity index (χ4v) is 4.60. The summed E-state index contributed by atoms with van der Waals surface area (Å²) in [5.41, 5.74) is 1.70. The summed E-state index contributed by atoms with van der Waals surface area (Å²) in [6, 6.07) is 0. The molecule has 0 aromatic carbocycles. The Morgan fingerprint density at radius 2 is 1.85 bits per heavy atom. The van der Waals surface area contributed by atoms with Gasteiger partial charge in [0, 0.05) is 5.41 Å². The van der Waals surface area contributed by atoms with Gasteiger partial charge >= 0.3 is 0 Å². The molecule has 0 spiro atoms. The minimum atomic E-state index is -1.31. The van der Waals surface area contributed by atoms with Crippen molar-refractivity contribution in [2.75, 3.05) is 0 Å². The summed E-state index contributed by atoms with van der Waals surface area (Å²) < 4.78 is 2.29. The first-order chi connectivity index (χ1) is 5.73. The van der Waals surface area contributed by atoms with Crippen LogP contribution in [0.4, 0.5) is 0 Å². The maximum atomic E-state index is 4.48. The molecule has 0 saturated heterocycles. The minimum Gasteiger partial charge on any atom is -0.294 e. The summed E-state index contributed by atoms with van der Waals surface area (Å²) >= 11 is 0. The smallest absolute Gasteiger partial charge is 0.176 e. The van der Waals surface area contributed by atoms with E-state index in [2.05, 4.69) is 49.9 Å². The van der Waals surface area contributed by atoms with Crippen LogP contribution in [0, 0.1) is 0 Å². The van der Waals surface area contributed by atoms with Crippen LogP contribution in [0.5, 0.6) is 0 Å². The molecule has 1 aromatic heterocycles. The summed E-state index contributed by atoms with van der Waals surface area (Å²) in [5.74, 6) is 2.01. The number of hydrogen-bond donors (Lipinski definition) is 0. The maximum absolute atomic E-state index is 4.48. The van der Waals surface area contributed by atoms with Gasteiger partial charge in [-0.3, -0.25) is 4.35 Å². The van der Waals surface area contributed by atoms with E-state index in [0.29, 0.717) is 0 Å². The molecule has 0 aliphatic heterocycles. The lowest BCUT2D eigenvalue weighted by atomic mass is 9.98. The zero-order valence-electron chi connectivity index (χ0n) is 9.42. The first kappa shape index (κ1) is 10.9. The Morgan fingerprint density at radius 1 is 1.31 bits per heavy atom. The molecule has 0 saturated carbocycles. The van der Waals surface area contributed by atoms with Gasteiger partial charge in [-0.15, -0.1) is 0 Å². The molecule has 2 nitrogen and oxygen atoms in total. The molecule has 0 fully saturated rings. The summed E-state index contributed by atoms with van der Waals surface area (Å²) in [5, 5.41) is 4.48. The molecule has 0 N–H and O–H groups in total. The van der Waals surface area contributed by atoms with Crippen molar-refractivity contribution >= 4 is 16.4 Å². The van der Waals surface area contributed by atoms with Crippen molar-refractivity contribution in [3.05, 3.63) is 11.4 Å². The Labute approximate surface area is 83.6 Å². The molecule has 0 aliphatic carbocycles. The van der Waals surface area contributed by atoms with E-state index in [-0.39, 0.29) is 5.41 Å². The van der Waals surface area contributed by atoms with E-state index in [0.717, 1.165) is 0 Å². The van der Waals surface area contributed by atoms with Gasteiger partial charge in [-0.25, -0.2) is 0 Å². The van der Waals surface area contributed by atoms with Crippen LogP contribution in [0.25, 0.3) is 0 Å². The Kier molecular flexibility index (Phi) is 2.70. The molecule has 74 valence electrons. The quantitative estimate of drug-likeness (QED) is 0.655. The second-order valence-corrected chi connectivity index (χ2v) is 11.1. The number of nitrogens with zero attached hydrogens (tertiary/aromatic N) is 2. The molecule has 1 heterocycles. The summed E-state index contributed by atoms with van der Waals surface area (Å²) in [4.78, 5) is 0. The normalized spacial score (nSPS) is 14.0. The molecule has 1 aromatic rings. The van der Waals surface area contributed by atoms with E-state index in [4.69, 9.17) is 0 Å². The second kappa shape index (κ2) is 3.21. The van der Waals surface area contributed by atoms with E-state index in [1.807, 2.05) is 5.93 Å². The second-order valence-electron chi connectivity index (χ2n) is 5.42. The summed E-state index contributed by atoms with van der Waals surface area (Å²) in [6.45, 7) is 13.8. The zero-order valence-corrected chi connectivity index (χ0v) is 11.3. The van der Waals surface area contributed by atoms with Gasteiger partial charge in [-0.05, 0) is 27.8 Å². The Morgan fingerprint density at radius 3 is 2.15 bits per heavy atom. The van der Waals surface area contributed by atoms with Gasteiger partial charge in [0.25, 0.3) is 0 Å². The number of aromatic nitrogens is 2. The van der Waals surface area contributed by atoms with Crippen molar-refractivity contribution in [2.45, 2.75) is 45.8 Å². The van der Waals surface area contributed by atoms with Crippen LogP contribution >= 0.6 is 8.19 Å². The topological polar surface area (TPSA) is 17.8 Å². The molecule has 0 unspecified atom stereocenters. The van der Waals surface area contributed by atoms with Crippen molar-refractivity contribution in [3.8, 4) is 0 Å². The lowest BCUT2D eigenvalue weighted by molar-refractivity contribution is 0.563. The highest BCUT2D eigenvalue weighted by Gasteiger charge is 2.26. The molecule has 13 heavy (non-hydrogen) atoms. The number of hydrogen-bond acceptors (Lipinski definition) is 1. The van der Waals surface area contributed by atoms with Crippen molar-refractivity contribution in [1.82, 2.24) is 9.45 Å². The fraction of sp³-hybridized carbons (Fsp3) is 0.778. The van der Waals surface area contributed by atoms with Crippen molar-refractivity contribution < 1.29 is 0 Å². The van der Waals surface area contributed by atoms with E-state index in [9.17, 15) is 0 Å². The van der Waals surface area contributed by atoms with Crippen LogP contribution in [0.2, 0.25) is 19.6 Å². The van der Waals surface area contributed by atoms with Gasteiger partial charge in [0.2, 0.25) is 0 Å². The molecule has 0 atom stereocenters. The van der Waals surface area contributed by atoms with Crippen molar-refractivity contribution in [1.29, 1.82) is 0 Å². The van der Waals surface area contributed by atoms with Crippen molar-refractivity contribution in [3.63, 3.8) is 0 Å².